The Hall–Kier alpha value is 0.168. The SMILES string of the molecule is [C-]1=CCC/C=C\CC1.[CH2-]CC.[CH2-]CC.[Pt]. The Labute approximate surface area is 111 Å². The average Bonchev–Trinajstić information content (AvgIpc) is 2.04. The van der Waals surface area contributed by atoms with Crippen LogP contribution in [0.15, 0.2) is 18.2 Å². The van der Waals surface area contributed by atoms with Crippen LogP contribution in [0.4, 0.5) is 0 Å². The topological polar surface area (TPSA) is 0 Å². The van der Waals surface area contributed by atoms with Crippen LogP contribution in [0, 0.1) is 19.9 Å². The van der Waals surface area contributed by atoms with Crippen LogP contribution in [0.1, 0.15) is 52.4 Å². The predicted octanol–water partition coefficient (Wildman–Crippen LogP) is 4.93. The van der Waals surface area contributed by atoms with Crippen LogP contribution >= 0.6 is 0 Å². The molecule has 1 aliphatic carbocycles. The van der Waals surface area contributed by atoms with Crippen LogP contribution < -0.4 is 0 Å². The molecule has 0 nitrogen and oxygen atoms in total. The van der Waals surface area contributed by atoms with Crippen molar-refractivity contribution < 1.29 is 21.1 Å². The maximum absolute atomic E-state index is 3.49. The molecule has 0 aromatic rings. The molecule has 0 saturated carbocycles. The van der Waals surface area contributed by atoms with Crippen LogP contribution in [0.2, 0.25) is 0 Å². The molecule has 1 aliphatic rings. The molecule has 94 valence electrons. The minimum atomic E-state index is 0. The minimum Gasteiger partial charge on any atom is -0.500 e. The number of hydrogen-bond acceptors (Lipinski definition) is 0. The molecular weight excluding hydrogens is 363 g/mol. The molecule has 0 radical (unpaired) electrons. The molecule has 0 saturated heterocycles. The zero-order valence-corrected chi connectivity index (χ0v) is 12.5. The summed E-state index contributed by atoms with van der Waals surface area (Å²) in [5.41, 5.74) is 0. The molecule has 0 heterocycles. The number of rotatable bonds is 0. The van der Waals surface area contributed by atoms with Crippen molar-refractivity contribution in [2.24, 2.45) is 0 Å². The Balaban J connectivity index is -0.000000177. The first-order valence-corrected chi connectivity index (χ1v) is 5.61. The van der Waals surface area contributed by atoms with E-state index in [4.69, 9.17) is 0 Å². The van der Waals surface area contributed by atoms with Gasteiger partial charge in [0.2, 0.25) is 0 Å². The summed E-state index contributed by atoms with van der Waals surface area (Å²) in [6.45, 7) is 11.0. The Bertz CT molecular complexity index is 97.3. The Morgan fingerprint density at radius 1 is 1.00 bits per heavy atom. The van der Waals surface area contributed by atoms with Gasteiger partial charge in [0.25, 0.3) is 0 Å². The molecule has 0 atom stereocenters. The van der Waals surface area contributed by atoms with E-state index in [9.17, 15) is 0 Å². The largest absolute Gasteiger partial charge is 0.500 e. The maximum atomic E-state index is 3.49. The van der Waals surface area contributed by atoms with E-state index < -0.39 is 0 Å². The standard InChI is InChI=1S/C8H11.2C3H7.Pt/c1-2-4-6-8-7-5-3-1;2*1-3-2;/h1-2,7H,3-6H2;2*1,3H2,2H3;/q3*-1;/b2-1-;;;. The Kier molecular flexibility index (Phi) is 32.6. The summed E-state index contributed by atoms with van der Waals surface area (Å²) in [7, 11) is 0. The van der Waals surface area contributed by atoms with Crippen molar-refractivity contribution in [2.75, 3.05) is 0 Å². The third-order valence-electron chi connectivity index (χ3n) is 1.24. The van der Waals surface area contributed by atoms with Gasteiger partial charge in [0.05, 0.1) is 0 Å². The van der Waals surface area contributed by atoms with Gasteiger partial charge in [-0.25, -0.2) is 0 Å². The van der Waals surface area contributed by atoms with Gasteiger partial charge >= 0.3 is 0 Å². The first-order valence-electron chi connectivity index (χ1n) is 5.61. The summed E-state index contributed by atoms with van der Waals surface area (Å²) >= 11 is 0. The van der Waals surface area contributed by atoms with Crippen LogP contribution in [0.3, 0.4) is 0 Å². The van der Waals surface area contributed by atoms with Gasteiger partial charge in [-0.1, -0.05) is 38.8 Å². The van der Waals surface area contributed by atoms with E-state index in [0.717, 1.165) is 19.3 Å². The molecule has 0 aliphatic heterocycles. The van der Waals surface area contributed by atoms with Gasteiger partial charge < -0.3 is 19.9 Å². The average molecular weight is 388 g/mol. The van der Waals surface area contributed by atoms with Crippen LogP contribution in [-0.2, 0) is 21.1 Å². The fourth-order valence-corrected chi connectivity index (χ4v) is 0.786. The monoisotopic (exact) mass is 388 g/mol. The summed E-state index contributed by atoms with van der Waals surface area (Å²) in [6.07, 6.45) is 16.5. The molecule has 0 unspecified atom stereocenters. The van der Waals surface area contributed by atoms with E-state index in [-0.39, 0.29) is 21.1 Å². The fraction of sp³-hybridized carbons (Fsp3) is 0.571. The molecule has 0 spiro atoms. The van der Waals surface area contributed by atoms with Gasteiger partial charge in [0, 0.05) is 21.1 Å². The van der Waals surface area contributed by atoms with Crippen molar-refractivity contribution in [3.63, 3.8) is 0 Å². The van der Waals surface area contributed by atoms with E-state index >= 15 is 0 Å². The van der Waals surface area contributed by atoms with Crippen molar-refractivity contribution in [3.05, 3.63) is 38.2 Å². The zero-order valence-electron chi connectivity index (χ0n) is 10.2. The first-order chi connectivity index (χ1) is 6.83. The summed E-state index contributed by atoms with van der Waals surface area (Å²) in [6, 6.07) is 0. The normalized spacial score (nSPS) is 15.2. The Morgan fingerprint density at radius 3 is 2.00 bits per heavy atom. The molecule has 15 heavy (non-hydrogen) atoms. The summed E-state index contributed by atoms with van der Waals surface area (Å²) in [5, 5.41) is 0. The van der Waals surface area contributed by atoms with Gasteiger partial charge in [-0.15, -0.1) is 0 Å². The zero-order chi connectivity index (χ0) is 11.1. The van der Waals surface area contributed by atoms with Gasteiger partial charge in [-0.05, 0) is 6.42 Å². The van der Waals surface area contributed by atoms with Gasteiger partial charge in [-0.2, -0.15) is 19.3 Å². The third-order valence-corrected chi connectivity index (χ3v) is 1.24. The van der Waals surface area contributed by atoms with Gasteiger partial charge in [0.15, 0.2) is 0 Å². The van der Waals surface area contributed by atoms with Crippen LogP contribution in [0.5, 0.6) is 0 Å². The molecule has 1 heteroatoms. The predicted molar refractivity (Wildman–Crippen MR) is 66.7 cm³/mol. The second-order valence-electron chi connectivity index (χ2n) is 3.00. The van der Waals surface area contributed by atoms with Crippen molar-refractivity contribution in [3.8, 4) is 0 Å². The molecule has 0 aromatic carbocycles. The van der Waals surface area contributed by atoms with E-state index in [1.54, 1.807) is 0 Å². The second kappa shape index (κ2) is 23.8. The molecule has 0 N–H and O–H groups in total. The summed E-state index contributed by atoms with van der Waals surface area (Å²) < 4.78 is 0. The van der Waals surface area contributed by atoms with E-state index in [0.29, 0.717) is 0 Å². The van der Waals surface area contributed by atoms with Crippen LogP contribution in [0.25, 0.3) is 0 Å². The molecule has 0 bridgehead atoms. The molecule has 1 rings (SSSR count). The van der Waals surface area contributed by atoms with Gasteiger partial charge in [0.1, 0.15) is 0 Å². The Morgan fingerprint density at radius 2 is 1.47 bits per heavy atom. The maximum Gasteiger partial charge on any atom is 0 e. The van der Waals surface area contributed by atoms with E-state index in [2.05, 4.69) is 38.2 Å². The number of allylic oxidation sites excluding steroid dienone is 4. The summed E-state index contributed by atoms with van der Waals surface area (Å²) in [4.78, 5) is 0. The van der Waals surface area contributed by atoms with Crippen molar-refractivity contribution in [1.29, 1.82) is 0 Å². The fourth-order valence-electron chi connectivity index (χ4n) is 0.786. The molecule has 0 amide bonds. The first kappa shape index (κ1) is 20.6. The molecule has 0 fully saturated rings. The molecule has 0 aromatic heterocycles. The van der Waals surface area contributed by atoms with Crippen LogP contribution in [-0.4, -0.2) is 0 Å². The van der Waals surface area contributed by atoms with Crippen molar-refractivity contribution >= 4 is 0 Å². The van der Waals surface area contributed by atoms with Gasteiger partial charge in [-0.3, -0.25) is 6.08 Å². The van der Waals surface area contributed by atoms with Crippen molar-refractivity contribution in [1.82, 2.24) is 0 Å². The number of hydrogen-bond donors (Lipinski definition) is 0. The van der Waals surface area contributed by atoms with E-state index in [1.165, 1.54) is 19.3 Å². The summed E-state index contributed by atoms with van der Waals surface area (Å²) in [5.74, 6) is 0. The smallest absolute Gasteiger partial charge is 0 e. The third kappa shape index (κ3) is 31.4. The minimum absolute atomic E-state index is 0. The van der Waals surface area contributed by atoms with Crippen molar-refractivity contribution in [2.45, 2.75) is 52.4 Å². The van der Waals surface area contributed by atoms with E-state index in [1.807, 2.05) is 13.8 Å². The quantitative estimate of drug-likeness (QED) is 0.408. The second-order valence-corrected chi connectivity index (χ2v) is 3.00. The molecular formula is C14H25Pt-3.